The number of nitrogens with one attached hydrogen (secondary N) is 2. The van der Waals surface area contributed by atoms with Crippen molar-refractivity contribution in [3.63, 3.8) is 0 Å². The van der Waals surface area contributed by atoms with Crippen LogP contribution < -0.4 is 10.6 Å². The van der Waals surface area contributed by atoms with Gasteiger partial charge in [0.1, 0.15) is 0 Å². The first-order chi connectivity index (χ1) is 9.60. The van der Waals surface area contributed by atoms with Crippen LogP contribution in [0.25, 0.3) is 0 Å². The molecule has 0 radical (unpaired) electrons. The lowest BCUT2D eigenvalue weighted by molar-refractivity contribution is 0.159. The Morgan fingerprint density at radius 1 is 1.35 bits per heavy atom. The molecule has 3 N–H and O–H groups in total. The van der Waals surface area contributed by atoms with Crippen LogP contribution in [0.5, 0.6) is 0 Å². The van der Waals surface area contributed by atoms with Gasteiger partial charge in [0, 0.05) is 5.69 Å². The third kappa shape index (κ3) is 2.66. The van der Waals surface area contributed by atoms with Gasteiger partial charge in [-0.15, -0.1) is 0 Å². The lowest BCUT2D eigenvalue weighted by atomic mass is 9.97. The van der Waals surface area contributed by atoms with E-state index in [4.69, 9.17) is 0 Å². The molecule has 4 nitrogen and oxygen atoms in total. The predicted molar refractivity (Wildman–Crippen MR) is 78.8 cm³/mol. The first kappa shape index (κ1) is 13.4. The van der Waals surface area contributed by atoms with Gasteiger partial charge in [-0.25, -0.2) is 4.79 Å². The van der Waals surface area contributed by atoms with Gasteiger partial charge < -0.3 is 15.7 Å². The molecule has 0 aliphatic heterocycles. The maximum Gasteiger partial charge on any atom is 0.319 e. The number of amides is 2. The fourth-order valence-corrected chi connectivity index (χ4v) is 3.06. The van der Waals surface area contributed by atoms with E-state index < -0.39 is 5.54 Å². The van der Waals surface area contributed by atoms with Crippen LogP contribution >= 0.6 is 0 Å². The Morgan fingerprint density at radius 3 is 2.80 bits per heavy atom. The molecular formula is C16H22N2O2. The Balaban J connectivity index is 1.64. The fraction of sp³-hybridized carbons (Fsp3) is 0.562. The summed E-state index contributed by atoms with van der Waals surface area (Å²) >= 11 is 0. The topological polar surface area (TPSA) is 61.4 Å². The van der Waals surface area contributed by atoms with Crippen LogP contribution in [0, 0.1) is 5.92 Å². The largest absolute Gasteiger partial charge is 0.394 e. The predicted octanol–water partition coefficient (Wildman–Crippen LogP) is 2.46. The summed E-state index contributed by atoms with van der Waals surface area (Å²) in [4.78, 5) is 12.1. The van der Waals surface area contributed by atoms with Gasteiger partial charge in [-0.2, -0.15) is 0 Å². The Kier molecular flexibility index (Phi) is 3.42. The summed E-state index contributed by atoms with van der Waals surface area (Å²) in [5.41, 5.74) is 3.07. The molecular weight excluding hydrogens is 252 g/mol. The standard InChI is InChI=1S/C16H22N2O2/c1-16(10-19,13-6-7-13)18-15(20)17-14-8-5-11-3-2-4-12(11)9-14/h5,8-9,13,19H,2-4,6-7,10H2,1H3,(H2,17,18,20). The van der Waals surface area contributed by atoms with Crippen LogP contribution in [0.3, 0.4) is 0 Å². The van der Waals surface area contributed by atoms with Crippen LogP contribution in [-0.2, 0) is 12.8 Å². The molecule has 0 heterocycles. The van der Waals surface area contributed by atoms with E-state index in [9.17, 15) is 9.90 Å². The normalized spacial score (nSPS) is 20.1. The summed E-state index contributed by atoms with van der Waals surface area (Å²) in [5.74, 6) is 0.401. The minimum absolute atomic E-state index is 0.0186. The molecule has 1 aromatic rings. The van der Waals surface area contributed by atoms with E-state index in [0.717, 1.165) is 31.4 Å². The van der Waals surface area contributed by atoms with E-state index in [-0.39, 0.29) is 12.6 Å². The molecule has 0 bridgehead atoms. The summed E-state index contributed by atoms with van der Waals surface area (Å²) in [6.07, 6.45) is 5.61. The van der Waals surface area contributed by atoms with Gasteiger partial charge in [0.2, 0.25) is 0 Å². The molecule has 4 heteroatoms. The molecule has 2 aliphatic rings. The van der Waals surface area contributed by atoms with Crippen molar-refractivity contribution in [2.24, 2.45) is 5.92 Å². The quantitative estimate of drug-likeness (QED) is 0.790. The lowest BCUT2D eigenvalue weighted by Gasteiger charge is -2.28. The SMILES string of the molecule is CC(CO)(NC(=O)Nc1ccc2c(c1)CCC2)C1CC1. The minimum atomic E-state index is -0.499. The van der Waals surface area contributed by atoms with Crippen molar-refractivity contribution in [2.75, 3.05) is 11.9 Å². The van der Waals surface area contributed by atoms with Crippen molar-refractivity contribution in [1.82, 2.24) is 5.32 Å². The molecule has 1 unspecified atom stereocenters. The summed E-state index contributed by atoms with van der Waals surface area (Å²) < 4.78 is 0. The van der Waals surface area contributed by atoms with Crippen molar-refractivity contribution in [3.05, 3.63) is 29.3 Å². The Labute approximate surface area is 119 Å². The molecule has 0 aromatic heterocycles. The first-order valence-electron chi connectivity index (χ1n) is 7.42. The lowest BCUT2D eigenvalue weighted by Crippen LogP contribution is -2.52. The zero-order chi connectivity index (χ0) is 14.2. The van der Waals surface area contributed by atoms with Gasteiger partial charge in [0.15, 0.2) is 0 Å². The van der Waals surface area contributed by atoms with Gasteiger partial charge in [-0.1, -0.05) is 6.07 Å². The number of rotatable bonds is 4. The smallest absolute Gasteiger partial charge is 0.319 e. The molecule has 0 spiro atoms. The van der Waals surface area contributed by atoms with E-state index in [1.807, 2.05) is 13.0 Å². The number of carbonyl (C=O) groups excluding carboxylic acids is 1. The van der Waals surface area contributed by atoms with E-state index in [1.165, 1.54) is 17.5 Å². The third-order valence-electron chi connectivity index (χ3n) is 4.56. The van der Waals surface area contributed by atoms with E-state index in [1.54, 1.807) is 0 Å². The monoisotopic (exact) mass is 274 g/mol. The highest BCUT2D eigenvalue weighted by molar-refractivity contribution is 5.90. The van der Waals surface area contributed by atoms with Gasteiger partial charge in [-0.3, -0.25) is 0 Å². The number of urea groups is 1. The number of benzene rings is 1. The molecule has 20 heavy (non-hydrogen) atoms. The molecule has 1 atom stereocenters. The van der Waals surface area contributed by atoms with E-state index >= 15 is 0 Å². The summed E-state index contributed by atoms with van der Waals surface area (Å²) in [6.45, 7) is 1.89. The van der Waals surface area contributed by atoms with Crippen molar-refractivity contribution >= 4 is 11.7 Å². The van der Waals surface area contributed by atoms with E-state index in [0.29, 0.717) is 5.92 Å². The summed E-state index contributed by atoms with van der Waals surface area (Å²) in [6, 6.07) is 5.89. The van der Waals surface area contributed by atoms with Crippen molar-refractivity contribution in [1.29, 1.82) is 0 Å². The van der Waals surface area contributed by atoms with Crippen LogP contribution in [0.15, 0.2) is 18.2 Å². The molecule has 0 saturated heterocycles. The molecule has 3 rings (SSSR count). The minimum Gasteiger partial charge on any atom is -0.394 e. The van der Waals surface area contributed by atoms with Gasteiger partial charge in [0.05, 0.1) is 12.1 Å². The number of anilines is 1. The highest BCUT2D eigenvalue weighted by Gasteiger charge is 2.42. The molecule has 1 fully saturated rings. The second-order valence-electron chi connectivity index (χ2n) is 6.27. The van der Waals surface area contributed by atoms with Crippen molar-refractivity contribution in [2.45, 2.75) is 44.6 Å². The van der Waals surface area contributed by atoms with Crippen LogP contribution in [-0.4, -0.2) is 23.3 Å². The zero-order valence-corrected chi connectivity index (χ0v) is 11.9. The Bertz CT molecular complexity index is 525. The average Bonchev–Trinajstić information content (AvgIpc) is 3.18. The first-order valence-corrected chi connectivity index (χ1v) is 7.42. The van der Waals surface area contributed by atoms with Crippen molar-refractivity contribution in [3.8, 4) is 0 Å². The van der Waals surface area contributed by atoms with Gasteiger partial charge in [0.25, 0.3) is 0 Å². The molecule has 2 amide bonds. The van der Waals surface area contributed by atoms with Gasteiger partial charge >= 0.3 is 6.03 Å². The van der Waals surface area contributed by atoms with Crippen molar-refractivity contribution < 1.29 is 9.90 Å². The molecule has 1 saturated carbocycles. The highest BCUT2D eigenvalue weighted by Crippen LogP contribution is 2.39. The van der Waals surface area contributed by atoms with Gasteiger partial charge in [-0.05, 0) is 68.2 Å². The highest BCUT2D eigenvalue weighted by atomic mass is 16.3. The Hall–Kier alpha value is -1.55. The number of aliphatic hydroxyl groups is 1. The van der Waals surface area contributed by atoms with E-state index in [2.05, 4.69) is 22.8 Å². The summed E-state index contributed by atoms with van der Waals surface area (Å²) in [5, 5.41) is 15.3. The van der Waals surface area contributed by atoms with Crippen LogP contribution in [0.1, 0.15) is 37.3 Å². The second-order valence-corrected chi connectivity index (χ2v) is 6.27. The maximum absolute atomic E-state index is 12.1. The molecule has 108 valence electrons. The zero-order valence-electron chi connectivity index (χ0n) is 11.9. The maximum atomic E-state index is 12.1. The third-order valence-corrected chi connectivity index (χ3v) is 4.56. The molecule has 2 aliphatic carbocycles. The number of hydrogen-bond acceptors (Lipinski definition) is 2. The fourth-order valence-electron chi connectivity index (χ4n) is 3.06. The van der Waals surface area contributed by atoms with Crippen LogP contribution in [0.2, 0.25) is 0 Å². The second kappa shape index (κ2) is 5.09. The number of fused-ring (bicyclic) bond motifs is 1. The number of aryl methyl sites for hydroxylation is 2. The summed E-state index contributed by atoms with van der Waals surface area (Å²) in [7, 11) is 0. The Morgan fingerprint density at radius 2 is 2.10 bits per heavy atom. The van der Waals surface area contributed by atoms with Crippen LogP contribution in [0.4, 0.5) is 10.5 Å². The number of aliphatic hydroxyl groups excluding tert-OH is 1. The number of carbonyl (C=O) groups is 1. The molecule has 1 aromatic carbocycles. The average molecular weight is 274 g/mol. The number of hydrogen-bond donors (Lipinski definition) is 3.